The van der Waals surface area contributed by atoms with Crippen molar-refractivity contribution in [3.8, 4) is 11.5 Å². The average molecular weight is 406 g/mol. The van der Waals surface area contributed by atoms with E-state index >= 15 is 0 Å². The Kier molecular flexibility index (Phi) is 5.28. The second-order valence-electron chi connectivity index (χ2n) is 5.90. The molecule has 0 bridgehead atoms. The van der Waals surface area contributed by atoms with Crippen LogP contribution in [0.2, 0.25) is 5.02 Å². The second-order valence-corrected chi connectivity index (χ2v) is 8.22. The van der Waals surface area contributed by atoms with Crippen molar-refractivity contribution in [1.29, 1.82) is 0 Å². The maximum atomic E-state index is 12.7. The molecule has 0 aliphatic carbocycles. The zero-order chi connectivity index (χ0) is 17.9. The number of nitrogens with zero attached hydrogens (tertiary/aromatic N) is 3. The minimum atomic E-state index is 0.100. The Labute approximate surface area is 164 Å². The van der Waals surface area contributed by atoms with Crippen LogP contribution in [-0.4, -0.2) is 33.3 Å². The first-order valence-corrected chi connectivity index (χ1v) is 10.5. The average Bonchev–Trinajstić information content (AvgIpc) is 3.40. The Hall–Kier alpha value is -1.83. The van der Waals surface area contributed by atoms with E-state index < -0.39 is 0 Å². The molecular weight excluding hydrogens is 390 g/mol. The van der Waals surface area contributed by atoms with Gasteiger partial charge in [0.05, 0.1) is 22.4 Å². The lowest BCUT2D eigenvalue weighted by Crippen LogP contribution is -2.31. The molecule has 0 radical (unpaired) electrons. The number of hydrogen-bond donors (Lipinski definition) is 0. The van der Waals surface area contributed by atoms with Gasteiger partial charge in [0.25, 0.3) is 5.22 Å². The molecule has 8 heteroatoms. The first kappa shape index (κ1) is 17.6. The highest BCUT2D eigenvalue weighted by atomic mass is 35.5. The highest BCUT2D eigenvalue weighted by Gasteiger charge is 2.30. The van der Waals surface area contributed by atoms with Crippen LogP contribution in [-0.2, 0) is 4.79 Å². The van der Waals surface area contributed by atoms with Gasteiger partial charge in [0, 0.05) is 11.4 Å². The first-order valence-electron chi connectivity index (χ1n) is 8.26. The Morgan fingerprint density at radius 2 is 2.19 bits per heavy atom. The zero-order valence-corrected chi connectivity index (χ0v) is 16.2. The second kappa shape index (κ2) is 7.82. The van der Waals surface area contributed by atoms with E-state index in [1.54, 1.807) is 17.4 Å². The molecule has 0 saturated carbocycles. The summed E-state index contributed by atoms with van der Waals surface area (Å²) in [5.74, 6) is 0.748. The van der Waals surface area contributed by atoms with Crippen molar-refractivity contribution < 1.29 is 9.21 Å². The maximum Gasteiger partial charge on any atom is 0.277 e. The normalized spacial score (nSPS) is 17.0. The quantitative estimate of drug-likeness (QED) is 0.564. The van der Waals surface area contributed by atoms with Crippen molar-refractivity contribution in [2.75, 3.05) is 12.3 Å². The van der Waals surface area contributed by atoms with Crippen LogP contribution in [0.5, 0.6) is 0 Å². The van der Waals surface area contributed by atoms with Gasteiger partial charge in [0.2, 0.25) is 11.8 Å². The van der Waals surface area contributed by atoms with Crippen LogP contribution in [0.15, 0.2) is 51.4 Å². The third-order valence-corrected chi connectivity index (χ3v) is 6.38. The van der Waals surface area contributed by atoms with Crippen LogP contribution in [0, 0.1) is 0 Å². The van der Waals surface area contributed by atoms with Gasteiger partial charge in [-0.25, -0.2) is 0 Å². The van der Waals surface area contributed by atoms with Gasteiger partial charge in [0.15, 0.2) is 0 Å². The van der Waals surface area contributed by atoms with Crippen LogP contribution in [0.25, 0.3) is 11.5 Å². The van der Waals surface area contributed by atoms with Gasteiger partial charge in [0.1, 0.15) is 0 Å². The number of aromatic nitrogens is 2. The molecule has 1 saturated heterocycles. The molecule has 1 amide bonds. The van der Waals surface area contributed by atoms with Crippen LogP contribution >= 0.6 is 34.7 Å². The molecule has 5 nitrogen and oxygen atoms in total. The summed E-state index contributed by atoms with van der Waals surface area (Å²) < 4.78 is 5.65. The van der Waals surface area contributed by atoms with E-state index in [0.29, 0.717) is 21.7 Å². The number of amides is 1. The minimum absolute atomic E-state index is 0.100. The molecule has 0 spiro atoms. The van der Waals surface area contributed by atoms with Crippen molar-refractivity contribution in [3.63, 3.8) is 0 Å². The Morgan fingerprint density at radius 3 is 3.00 bits per heavy atom. The van der Waals surface area contributed by atoms with E-state index in [4.69, 9.17) is 16.0 Å². The number of likely N-dealkylation sites (tertiary alicyclic amines) is 1. The fourth-order valence-electron chi connectivity index (χ4n) is 3.06. The minimum Gasteiger partial charge on any atom is -0.411 e. The molecular formula is C18H16ClN3O2S2. The van der Waals surface area contributed by atoms with Gasteiger partial charge >= 0.3 is 0 Å². The van der Waals surface area contributed by atoms with Crippen LogP contribution in [0.3, 0.4) is 0 Å². The van der Waals surface area contributed by atoms with Crippen LogP contribution < -0.4 is 0 Å². The Bertz CT molecular complexity index is 897. The van der Waals surface area contributed by atoms with Crippen molar-refractivity contribution in [3.05, 3.63) is 51.7 Å². The number of carbonyl (C=O) groups is 1. The van der Waals surface area contributed by atoms with Gasteiger partial charge in [-0.3, -0.25) is 4.79 Å². The van der Waals surface area contributed by atoms with Gasteiger partial charge in [-0.1, -0.05) is 41.6 Å². The van der Waals surface area contributed by atoms with Gasteiger partial charge in [-0.05, 0) is 36.4 Å². The van der Waals surface area contributed by atoms with E-state index in [1.807, 2.05) is 29.2 Å². The Balaban J connectivity index is 1.40. The number of hydrogen-bond acceptors (Lipinski definition) is 6. The van der Waals surface area contributed by atoms with Crippen LogP contribution in [0.1, 0.15) is 23.8 Å². The summed E-state index contributed by atoms with van der Waals surface area (Å²) in [5.41, 5.74) is 0.692. The predicted octanol–water partition coefficient (Wildman–Crippen LogP) is 4.91. The molecule has 4 rings (SSSR count). The van der Waals surface area contributed by atoms with Crippen LogP contribution in [0.4, 0.5) is 0 Å². The van der Waals surface area contributed by atoms with E-state index in [1.165, 1.54) is 16.6 Å². The fraction of sp³-hybridized carbons (Fsp3) is 0.278. The number of carbonyl (C=O) groups excluding carboxylic acids is 1. The summed E-state index contributed by atoms with van der Waals surface area (Å²) >= 11 is 9.12. The van der Waals surface area contributed by atoms with Crippen molar-refractivity contribution in [2.45, 2.75) is 24.1 Å². The van der Waals surface area contributed by atoms with E-state index in [2.05, 4.69) is 21.6 Å². The summed E-state index contributed by atoms with van der Waals surface area (Å²) in [6.45, 7) is 0.802. The fourth-order valence-corrected chi connectivity index (χ4v) is 4.80. The highest BCUT2D eigenvalue weighted by Crippen LogP contribution is 2.35. The zero-order valence-electron chi connectivity index (χ0n) is 13.8. The predicted molar refractivity (Wildman–Crippen MR) is 103 cm³/mol. The molecule has 26 heavy (non-hydrogen) atoms. The lowest BCUT2D eigenvalue weighted by molar-refractivity contribution is -0.129. The lowest BCUT2D eigenvalue weighted by Gasteiger charge is -2.23. The molecule has 2 aromatic heterocycles. The molecule has 0 N–H and O–H groups in total. The molecule has 1 aliphatic rings. The van der Waals surface area contributed by atoms with Gasteiger partial charge in [-0.15, -0.1) is 21.5 Å². The summed E-state index contributed by atoms with van der Waals surface area (Å²) in [5, 5.41) is 11.0. The van der Waals surface area contributed by atoms with E-state index in [0.717, 1.165) is 19.4 Å². The van der Waals surface area contributed by atoms with E-state index in [-0.39, 0.29) is 17.7 Å². The van der Waals surface area contributed by atoms with Gasteiger partial charge < -0.3 is 9.32 Å². The molecule has 1 aliphatic heterocycles. The topological polar surface area (TPSA) is 59.2 Å². The summed E-state index contributed by atoms with van der Waals surface area (Å²) in [4.78, 5) is 15.9. The molecule has 1 fully saturated rings. The number of thioether (sulfide) groups is 1. The van der Waals surface area contributed by atoms with Crippen molar-refractivity contribution >= 4 is 40.6 Å². The standard InChI is InChI=1S/C18H16ClN3O2S2/c19-13-6-2-1-5-12(13)17-20-21-18(24-17)26-11-16(23)22-9-3-7-14(22)15-8-4-10-25-15/h1-2,4-6,8,10,14H,3,7,9,11H2. The molecule has 3 aromatic rings. The first-order chi connectivity index (χ1) is 12.7. The molecule has 134 valence electrons. The summed E-state index contributed by atoms with van der Waals surface area (Å²) in [6, 6.07) is 11.6. The smallest absolute Gasteiger partial charge is 0.277 e. The largest absolute Gasteiger partial charge is 0.411 e. The lowest BCUT2D eigenvalue weighted by atomic mass is 10.2. The number of halogens is 1. The number of thiophene rings is 1. The third kappa shape index (κ3) is 3.65. The summed E-state index contributed by atoms with van der Waals surface area (Å²) in [7, 11) is 0. The SMILES string of the molecule is O=C(CSc1nnc(-c2ccccc2Cl)o1)N1CCCC1c1cccs1. The van der Waals surface area contributed by atoms with Crippen molar-refractivity contribution in [2.24, 2.45) is 0 Å². The van der Waals surface area contributed by atoms with Gasteiger partial charge in [-0.2, -0.15) is 0 Å². The number of rotatable bonds is 5. The Morgan fingerprint density at radius 1 is 1.31 bits per heavy atom. The number of benzene rings is 1. The monoisotopic (exact) mass is 405 g/mol. The molecule has 1 unspecified atom stereocenters. The summed E-state index contributed by atoms with van der Waals surface area (Å²) in [6.07, 6.45) is 2.06. The molecule has 1 aromatic carbocycles. The van der Waals surface area contributed by atoms with E-state index in [9.17, 15) is 4.79 Å². The third-order valence-electron chi connectivity index (χ3n) is 4.27. The highest BCUT2D eigenvalue weighted by molar-refractivity contribution is 7.99. The molecule has 3 heterocycles. The molecule has 1 atom stereocenters. The maximum absolute atomic E-state index is 12.7. The van der Waals surface area contributed by atoms with Crippen molar-refractivity contribution in [1.82, 2.24) is 15.1 Å².